The molecule has 1 fully saturated rings. The van der Waals surface area contributed by atoms with Crippen molar-refractivity contribution in [3.8, 4) is 5.75 Å². The largest absolute Gasteiger partial charge is 0.493 e. The van der Waals surface area contributed by atoms with Gasteiger partial charge in [-0.3, -0.25) is 0 Å². The van der Waals surface area contributed by atoms with Crippen LogP contribution in [0, 0.1) is 5.92 Å². The fraction of sp³-hybridized carbons (Fsp3) is 0.471. The zero-order valence-corrected chi connectivity index (χ0v) is 12.4. The quantitative estimate of drug-likeness (QED) is 0.848. The van der Waals surface area contributed by atoms with Gasteiger partial charge in [0.25, 0.3) is 0 Å². The van der Waals surface area contributed by atoms with E-state index in [-0.39, 0.29) is 5.97 Å². The van der Waals surface area contributed by atoms with E-state index in [1.54, 1.807) is 6.92 Å². The number of H-pyrrole nitrogens is 1. The Labute approximate surface area is 124 Å². The second-order valence-corrected chi connectivity index (χ2v) is 5.58. The standard InChI is InChI=1S/C17H21NO3/c1-2-20-17(19)15-10-13-14(18-15)8-5-9-16(13)21-11-12-6-3-4-7-12/h5,8-10,12,18H,2-4,6-7,11H2,1H3. The Morgan fingerprint density at radius 1 is 1.33 bits per heavy atom. The zero-order chi connectivity index (χ0) is 14.7. The molecule has 0 bridgehead atoms. The maximum absolute atomic E-state index is 11.8. The molecule has 4 nitrogen and oxygen atoms in total. The van der Waals surface area contributed by atoms with Crippen LogP contribution in [0.5, 0.6) is 5.75 Å². The van der Waals surface area contributed by atoms with Gasteiger partial charge in [0.2, 0.25) is 0 Å². The summed E-state index contributed by atoms with van der Waals surface area (Å²) in [6, 6.07) is 7.66. The van der Waals surface area contributed by atoms with Crippen molar-refractivity contribution in [1.82, 2.24) is 4.98 Å². The van der Waals surface area contributed by atoms with E-state index in [1.165, 1.54) is 25.7 Å². The summed E-state index contributed by atoms with van der Waals surface area (Å²) in [5, 5.41) is 0.943. The summed E-state index contributed by atoms with van der Waals surface area (Å²) < 4.78 is 11.0. The SMILES string of the molecule is CCOC(=O)c1cc2c(OCC3CCCC3)cccc2[nH]1. The first-order valence-electron chi connectivity index (χ1n) is 7.69. The number of ether oxygens (including phenoxy) is 2. The molecule has 112 valence electrons. The molecule has 3 rings (SSSR count). The minimum absolute atomic E-state index is 0.324. The predicted molar refractivity (Wildman–Crippen MR) is 81.7 cm³/mol. The molecular weight excluding hydrogens is 266 g/mol. The maximum atomic E-state index is 11.8. The van der Waals surface area contributed by atoms with Crippen LogP contribution < -0.4 is 4.74 Å². The summed E-state index contributed by atoms with van der Waals surface area (Å²) in [6.45, 7) is 2.94. The third-order valence-corrected chi connectivity index (χ3v) is 4.07. The molecule has 1 N–H and O–H groups in total. The van der Waals surface area contributed by atoms with Crippen LogP contribution in [-0.4, -0.2) is 24.2 Å². The fourth-order valence-electron chi connectivity index (χ4n) is 2.96. The number of esters is 1. The van der Waals surface area contributed by atoms with Crippen LogP contribution in [0.3, 0.4) is 0 Å². The fourth-order valence-corrected chi connectivity index (χ4v) is 2.96. The lowest BCUT2D eigenvalue weighted by atomic mass is 10.1. The summed E-state index contributed by atoms with van der Waals surface area (Å²) in [6.07, 6.45) is 5.15. The molecule has 1 heterocycles. The molecule has 0 radical (unpaired) electrons. The Balaban J connectivity index is 1.79. The first kappa shape index (κ1) is 14.0. The highest BCUT2D eigenvalue weighted by Gasteiger charge is 2.17. The number of rotatable bonds is 5. The number of fused-ring (bicyclic) bond motifs is 1. The molecule has 1 aliphatic carbocycles. The summed E-state index contributed by atoms with van der Waals surface area (Å²) in [5.41, 5.74) is 1.38. The number of aromatic amines is 1. The van der Waals surface area contributed by atoms with Crippen molar-refractivity contribution in [1.29, 1.82) is 0 Å². The lowest BCUT2D eigenvalue weighted by Gasteiger charge is -2.11. The molecule has 0 atom stereocenters. The van der Waals surface area contributed by atoms with Crippen LogP contribution in [0.1, 0.15) is 43.1 Å². The van der Waals surface area contributed by atoms with Gasteiger partial charge in [0.05, 0.1) is 13.2 Å². The average molecular weight is 287 g/mol. The van der Waals surface area contributed by atoms with Crippen molar-refractivity contribution in [3.05, 3.63) is 30.0 Å². The summed E-state index contributed by atoms with van der Waals surface area (Å²) in [4.78, 5) is 14.9. The van der Waals surface area contributed by atoms with Gasteiger partial charge in [0.15, 0.2) is 0 Å². The molecule has 1 aromatic heterocycles. The highest BCUT2D eigenvalue weighted by atomic mass is 16.5. The Bertz CT molecular complexity index is 626. The Kier molecular flexibility index (Phi) is 4.13. The van der Waals surface area contributed by atoms with Crippen molar-refractivity contribution >= 4 is 16.9 Å². The maximum Gasteiger partial charge on any atom is 0.354 e. The Morgan fingerprint density at radius 2 is 2.14 bits per heavy atom. The number of nitrogens with one attached hydrogen (secondary N) is 1. The van der Waals surface area contributed by atoms with Gasteiger partial charge in [-0.15, -0.1) is 0 Å². The van der Waals surface area contributed by atoms with Crippen LogP contribution >= 0.6 is 0 Å². The van der Waals surface area contributed by atoms with E-state index in [0.29, 0.717) is 18.2 Å². The number of benzene rings is 1. The lowest BCUT2D eigenvalue weighted by molar-refractivity contribution is 0.0520. The predicted octanol–water partition coefficient (Wildman–Crippen LogP) is 3.91. The second-order valence-electron chi connectivity index (χ2n) is 5.58. The Hall–Kier alpha value is -1.97. The molecule has 2 aromatic rings. The minimum Gasteiger partial charge on any atom is -0.493 e. The molecule has 0 amide bonds. The molecular formula is C17H21NO3. The third kappa shape index (κ3) is 3.04. The molecule has 0 spiro atoms. The van der Waals surface area contributed by atoms with Gasteiger partial charge >= 0.3 is 5.97 Å². The minimum atomic E-state index is -0.324. The van der Waals surface area contributed by atoms with Crippen molar-refractivity contribution in [3.63, 3.8) is 0 Å². The van der Waals surface area contributed by atoms with Gasteiger partial charge in [0, 0.05) is 10.9 Å². The van der Waals surface area contributed by atoms with Crippen LogP contribution in [0.15, 0.2) is 24.3 Å². The molecule has 0 unspecified atom stereocenters. The normalized spacial score (nSPS) is 15.5. The van der Waals surface area contributed by atoms with E-state index in [9.17, 15) is 4.79 Å². The van der Waals surface area contributed by atoms with Gasteiger partial charge in [-0.1, -0.05) is 18.9 Å². The lowest BCUT2D eigenvalue weighted by Crippen LogP contribution is -2.08. The molecule has 21 heavy (non-hydrogen) atoms. The number of hydrogen-bond acceptors (Lipinski definition) is 3. The van der Waals surface area contributed by atoms with Gasteiger partial charge in [0.1, 0.15) is 11.4 Å². The monoisotopic (exact) mass is 287 g/mol. The van der Waals surface area contributed by atoms with E-state index in [1.807, 2.05) is 24.3 Å². The molecule has 1 aromatic carbocycles. The zero-order valence-electron chi connectivity index (χ0n) is 12.4. The molecule has 1 aliphatic rings. The van der Waals surface area contributed by atoms with E-state index in [0.717, 1.165) is 23.3 Å². The summed E-state index contributed by atoms with van der Waals surface area (Å²) in [5.74, 6) is 1.19. The van der Waals surface area contributed by atoms with Gasteiger partial charge in [-0.25, -0.2) is 4.79 Å². The second kappa shape index (κ2) is 6.20. The number of hydrogen-bond donors (Lipinski definition) is 1. The van der Waals surface area contributed by atoms with Gasteiger partial charge < -0.3 is 14.5 Å². The van der Waals surface area contributed by atoms with Crippen molar-refractivity contribution in [2.75, 3.05) is 13.2 Å². The van der Waals surface area contributed by atoms with E-state index in [4.69, 9.17) is 9.47 Å². The van der Waals surface area contributed by atoms with E-state index in [2.05, 4.69) is 4.98 Å². The first-order valence-corrected chi connectivity index (χ1v) is 7.69. The first-order chi connectivity index (χ1) is 10.3. The Morgan fingerprint density at radius 3 is 2.90 bits per heavy atom. The highest BCUT2D eigenvalue weighted by Crippen LogP contribution is 2.29. The summed E-state index contributed by atoms with van der Waals surface area (Å²) >= 11 is 0. The smallest absolute Gasteiger partial charge is 0.354 e. The van der Waals surface area contributed by atoms with E-state index >= 15 is 0 Å². The van der Waals surface area contributed by atoms with Gasteiger partial charge in [-0.2, -0.15) is 0 Å². The molecule has 1 saturated carbocycles. The van der Waals surface area contributed by atoms with E-state index < -0.39 is 0 Å². The van der Waals surface area contributed by atoms with Crippen molar-refractivity contribution in [2.45, 2.75) is 32.6 Å². The van der Waals surface area contributed by atoms with Crippen molar-refractivity contribution in [2.24, 2.45) is 5.92 Å². The molecule has 0 saturated heterocycles. The van der Waals surface area contributed by atoms with Crippen LogP contribution in [0.25, 0.3) is 10.9 Å². The van der Waals surface area contributed by atoms with Gasteiger partial charge in [-0.05, 0) is 43.9 Å². The molecule has 0 aliphatic heterocycles. The summed E-state index contributed by atoms with van der Waals surface area (Å²) in [7, 11) is 0. The topological polar surface area (TPSA) is 51.3 Å². The average Bonchev–Trinajstić information content (AvgIpc) is 3.14. The van der Waals surface area contributed by atoms with Crippen LogP contribution in [-0.2, 0) is 4.74 Å². The van der Waals surface area contributed by atoms with Crippen LogP contribution in [0.2, 0.25) is 0 Å². The number of carbonyl (C=O) groups excluding carboxylic acids is 1. The third-order valence-electron chi connectivity index (χ3n) is 4.07. The van der Waals surface area contributed by atoms with Crippen molar-refractivity contribution < 1.29 is 14.3 Å². The number of carbonyl (C=O) groups is 1. The molecule has 4 heteroatoms. The highest BCUT2D eigenvalue weighted by molar-refractivity contribution is 5.97. The van der Waals surface area contributed by atoms with Crippen LogP contribution in [0.4, 0.5) is 0 Å². The number of aromatic nitrogens is 1.